The van der Waals surface area contributed by atoms with Gasteiger partial charge in [-0.3, -0.25) is 9.58 Å². The summed E-state index contributed by atoms with van der Waals surface area (Å²) in [6.45, 7) is 7.87. The van der Waals surface area contributed by atoms with Crippen LogP contribution in [0, 0.1) is 5.92 Å². The van der Waals surface area contributed by atoms with E-state index in [2.05, 4.69) is 33.1 Å². The van der Waals surface area contributed by atoms with E-state index in [1.165, 1.54) is 56.7 Å². The molecular formula is C20H28N4O. The molecule has 0 N–H and O–H groups in total. The van der Waals surface area contributed by atoms with Crippen molar-refractivity contribution >= 4 is 0 Å². The van der Waals surface area contributed by atoms with Crippen LogP contribution in [0.1, 0.15) is 24.0 Å². The Hall–Kier alpha value is -1.85. The SMILES string of the molecule is COc1ccc(CN2CCN(CC3CC3)CC2)cc1Cn1cccn1. The summed E-state index contributed by atoms with van der Waals surface area (Å²) in [6.07, 6.45) is 6.71. The Morgan fingerprint density at radius 2 is 1.88 bits per heavy atom. The van der Waals surface area contributed by atoms with Gasteiger partial charge in [0.25, 0.3) is 0 Å². The van der Waals surface area contributed by atoms with Crippen LogP contribution >= 0.6 is 0 Å². The van der Waals surface area contributed by atoms with Crippen LogP contribution in [0.25, 0.3) is 0 Å². The summed E-state index contributed by atoms with van der Waals surface area (Å²) >= 11 is 0. The van der Waals surface area contributed by atoms with Gasteiger partial charge in [0, 0.05) is 57.2 Å². The summed E-state index contributed by atoms with van der Waals surface area (Å²) < 4.78 is 7.48. The van der Waals surface area contributed by atoms with E-state index in [0.717, 1.165) is 24.8 Å². The van der Waals surface area contributed by atoms with Crippen LogP contribution in [-0.4, -0.2) is 59.4 Å². The number of rotatable bonds is 7. The summed E-state index contributed by atoms with van der Waals surface area (Å²) in [7, 11) is 1.74. The van der Waals surface area contributed by atoms with Crippen molar-refractivity contribution in [2.75, 3.05) is 39.8 Å². The van der Waals surface area contributed by atoms with Gasteiger partial charge in [-0.05, 0) is 42.5 Å². The second-order valence-electron chi connectivity index (χ2n) is 7.37. The van der Waals surface area contributed by atoms with Gasteiger partial charge in [-0.1, -0.05) is 6.07 Å². The second kappa shape index (κ2) is 7.58. The standard InChI is InChI=1S/C20H28N4O/c1-25-20-6-5-18(13-19(20)16-24-8-2-7-21-24)15-23-11-9-22(10-12-23)14-17-3-4-17/h2,5-8,13,17H,3-4,9-12,14-16H2,1H3. The minimum Gasteiger partial charge on any atom is -0.496 e. The molecule has 1 aromatic carbocycles. The van der Waals surface area contributed by atoms with Gasteiger partial charge in [0.1, 0.15) is 5.75 Å². The zero-order valence-corrected chi connectivity index (χ0v) is 15.1. The Bertz CT molecular complexity index is 673. The maximum absolute atomic E-state index is 5.53. The third-order valence-electron chi connectivity index (χ3n) is 5.32. The average molecular weight is 340 g/mol. The monoisotopic (exact) mass is 340 g/mol. The van der Waals surface area contributed by atoms with Gasteiger partial charge < -0.3 is 9.64 Å². The fourth-order valence-electron chi connectivity index (χ4n) is 3.68. The van der Waals surface area contributed by atoms with Gasteiger partial charge in [0.2, 0.25) is 0 Å². The van der Waals surface area contributed by atoms with Gasteiger partial charge in [-0.15, -0.1) is 0 Å². The number of aromatic nitrogens is 2. The van der Waals surface area contributed by atoms with Gasteiger partial charge >= 0.3 is 0 Å². The highest BCUT2D eigenvalue weighted by atomic mass is 16.5. The number of nitrogens with zero attached hydrogens (tertiary/aromatic N) is 4. The van der Waals surface area contributed by atoms with Crippen molar-refractivity contribution in [1.82, 2.24) is 19.6 Å². The van der Waals surface area contributed by atoms with Crippen molar-refractivity contribution < 1.29 is 4.74 Å². The third kappa shape index (κ3) is 4.41. The fourth-order valence-corrected chi connectivity index (χ4v) is 3.68. The lowest BCUT2D eigenvalue weighted by Gasteiger charge is -2.34. The van der Waals surface area contributed by atoms with Crippen molar-refractivity contribution in [3.8, 4) is 5.75 Å². The van der Waals surface area contributed by atoms with Crippen LogP contribution in [-0.2, 0) is 13.1 Å². The van der Waals surface area contributed by atoms with E-state index in [1.807, 2.05) is 23.1 Å². The molecule has 2 heterocycles. The lowest BCUT2D eigenvalue weighted by Crippen LogP contribution is -2.46. The number of piperazine rings is 1. The maximum atomic E-state index is 5.53. The van der Waals surface area contributed by atoms with E-state index in [-0.39, 0.29) is 0 Å². The first-order chi connectivity index (χ1) is 12.3. The fraction of sp³-hybridized carbons (Fsp3) is 0.550. The zero-order chi connectivity index (χ0) is 17.1. The molecule has 0 amide bonds. The maximum Gasteiger partial charge on any atom is 0.123 e. The molecule has 0 spiro atoms. The Balaban J connectivity index is 1.37. The van der Waals surface area contributed by atoms with Crippen molar-refractivity contribution in [3.05, 3.63) is 47.8 Å². The predicted molar refractivity (Wildman–Crippen MR) is 98.8 cm³/mol. The summed E-state index contributed by atoms with van der Waals surface area (Å²) in [5.41, 5.74) is 2.55. The highest BCUT2D eigenvalue weighted by Gasteiger charge is 2.26. The number of benzene rings is 1. The number of methoxy groups -OCH3 is 1. The molecule has 1 aliphatic carbocycles. The molecule has 134 valence electrons. The van der Waals surface area contributed by atoms with Crippen LogP contribution in [0.4, 0.5) is 0 Å². The molecule has 2 aromatic rings. The average Bonchev–Trinajstić information content (AvgIpc) is 3.30. The first-order valence-corrected chi connectivity index (χ1v) is 9.38. The first kappa shape index (κ1) is 16.6. The van der Waals surface area contributed by atoms with E-state index in [1.54, 1.807) is 7.11 Å². The number of ether oxygens (including phenoxy) is 1. The molecule has 0 unspecified atom stereocenters. The second-order valence-corrected chi connectivity index (χ2v) is 7.37. The zero-order valence-electron chi connectivity index (χ0n) is 15.1. The molecule has 1 saturated carbocycles. The van der Waals surface area contributed by atoms with Crippen LogP contribution in [0.5, 0.6) is 5.75 Å². The third-order valence-corrected chi connectivity index (χ3v) is 5.32. The van der Waals surface area contributed by atoms with Crippen LogP contribution < -0.4 is 4.74 Å². The van der Waals surface area contributed by atoms with Gasteiger partial charge in [0.05, 0.1) is 13.7 Å². The van der Waals surface area contributed by atoms with Crippen LogP contribution in [0.15, 0.2) is 36.7 Å². The minimum atomic E-state index is 0.749. The normalized spacial score (nSPS) is 19.2. The van der Waals surface area contributed by atoms with E-state index >= 15 is 0 Å². The Kier molecular flexibility index (Phi) is 5.04. The highest BCUT2D eigenvalue weighted by molar-refractivity contribution is 5.37. The molecule has 2 aliphatic rings. The summed E-state index contributed by atoms with van der Waals surface area (Å²) in [5, 5.41) is 4.31. The van der Waals surface area contributed by atoms with Crippen molar-refractivity contribution in [3.63, 3.8) is 0 Å². The van der Waals surface area contributed by atoms with Crippen molar-refractivity contribution in [1.29, 1.82) is 0 Å². The molecule has 2 fully saturated rings. The first-order valence-electron chi connectivity index (χ1n) is 9.38. The van der Waals surface area contributed by atoms with E-state index in [0.29, 0.717) is 0 Å². The largest absolute Gasteiger partial charge is 0.496 e. The molecule has 4 rings (SSSR count). The van der Waals surface area contributed by atoms with Gasteiger partial charge in [-0.2, -0.15) is 5.10 Å². The van der Waals surface area contributed by atoms with Gasteiger partial charge in [0.15, 0.2) is 0 Å². The highest BCUT2D eigenvalue weighted by Crippen LogP contribution is 2.30. The molecular weight excluding hydrogens is 312 g/mol. The van der Waals surface area contributed by atoms with Crippen molar-refractivity contribution in [2.45, 2.75) is 25.9 Å². The molecule has 25 heavy (non-hydrogen) atoms. The Labute approximate surface area is 150 Å². The van der Waals surface area contributed by atoms with E-state index in [9.17, 15) is 0 Å². The summed E-state index contributed by atoms with van der Waals surface area (Å²) in [6, 6.07) is 8.52. The molecule has 5 nitrogen and oxygen atoms in total. The van der Waals surface area contributed by atoms with Crippen molar-refractivity contribution in [2.24, 2.45) is 5.92 Å². The summed E-state index contributed by atoms with van der Waals surface area (Å²) in [4.78, 5) is 5.22. The number of hydrogen-bond acceptors (Lipinski definition) is 4. The lowest BCUT2D eigenvalue weighted by atomic mass is 10.1. The Morgan fingerprint density at radius 1 is 1.08 bits per heavy atom. The Morgan fingerprint density at radius 3 is 2.56 bits per heavy atom. The summed E-state index contributed by atoms with van der Waals surface area (Å²) in [5.74, 6) is 1.94. The van der Waals surface area contributed by atoms with E-state index < -0.39 is 0 Å². The molecule has 0 atom stereocenters. The number of hydrogen-bond donors (Lipinski definition) is 0. The topological polar surface area (TPSA) is 33.5 Å². The van der Waals surface area contributed by atoms with E-state index in [4.69, 9.17) is 4.74 Å². The van der Waals surface area contributed by atoms with Gasteiger partial charge in [-0.25, -0.2) is 0 Å². The lowest BCUT2D eigenvalue weighted by molar-refractivity contribution is 0.123. The molecule has 1 saturated heterocycles. The minimum absolute atomic E-state index is 0.749. The molecule has 0 bridgehead atoms. The quantitative estimate of drug-likeness (QED) is 0.775. The van der Waals surface area contributed by atoms with Crippen LogP contribution in [0.2, 0.25) is 0 Å². The predicted octanol–water partition coefficient (Wildman–Crippen LogP) is 2.47. The molecule has 1 aromatic heterocycles. The molecule has 1 aliphatic heterocycles. The smallest absolute Gasteiger partial charge is 0.123 e. The van der Waals surface area contributed by atoms with Crippen LogP contribution in [0.3, 0.4) is 0 Å². The molecule has 5 heteroatoms. The molecule has 0 radical (unpaired) electrons.